The van der Waals surface area contributed by atoms with Gasteiger partial charge in [0.2, 0.25) is 10.0 Å². The number of amides is 1. The predicted molar refractivity (Wildman–Crippen MR) is 105 cm³/mol. The molecule has 0 radical (unpaired) electrons. The molecule has 0 saturated carbocycles. The Balaban J connectivity index is 1.90. The Hall–Kier alpha value is -2.52. The van der Waals surface area contributed by atoms with E-state index in [4.69, 9.17) is 4.74 Å². The second-order valence-electron chi connectivity index (χ2n) is 6.72. The smallest absolute Gasteiger partial charge is 0.350 e. The predicted octanol–water partition coefficient (Wildman–Crippen LogP) is 3.60. The summed E-state index contributed by atoms with van der Waals surface area (Å²) in [4.78, 5) is 12.2. The SMILES string of the molecule is COc1ccc(S(=O)(=O)N2CCCCC2)cc1NC(=O)C(F)(F)c1ccccc1. The number of piperidine rings is 1. The number of nitrogens with zero attached hydrogens (tertiary/aromatic N) is 1. The molecule has 1 amide bonds. The first kappa shape index (κ1) is 21.2. The molecule has 156 valence electrons. The molecule has 0 atom stereocenters. The number of hydrogen-bond donors (Lipinski definition) is 1. The minimum atomic E-state index is -3.80. The van der Waals surface area contributed by atoms with Crippen molar-refractivity contribution in [2.24, 2.45) is 0 Å². The van der Waals surface area contributed by atoms with E-state index < -0.39 is 27.4 Å². The van der Waals surface area contributed by atoms with Crippen molar-refractivity contribution < 1.29 is 26.7 Å². The molecule has 1 aliphatic rings. The van der Waals surface area contributed by atoms with Crippen molar-refractivity contribution in [1.82, 2.24) is 4.31 Å². The highest BCUT2D eigenvalue weighted by molar-refractivity contribution is 7.89. The maximum absolute atomic E-state index is 14.5. The number of carbonyl (C=O) groups excluding carboxylic acids is 1. The molecule has 6 nitrogen and oxygen atoms in total. The van der Waals surface area contributed by atoms with Crippen molar-refractivity contribution in [2.45, 2.75) is 30.1 Å². The van der Waals surface area contributed by atoms with Crippen LogP contribution in [0.4, 0.5) is 14.5 Å². The number of anilines is 1. The molecular formula is C20H22F2N2O4S. The standard InChI is InChI=1S/C20H22F2N2O4S/c1-28-18-11-10-16(29(26,27)24-12-6-3-7-13-24)14-17(18)23-19(25)20(21,22)15-8-4-2-5-9-15/h2,4-5,8-11,14H,3,6-7,12-13H2,1H3,(H,23,25). The van der Waals surface area contributed by atoms with Gasteiger partial charge >= 0.3 is 5.92 Å². The van der Waals surface area contributed by atoms with Crippen molar-refractivity contribution in [2.75, 3.05) is 25.5 Å². The lowest BCUT2D eigenvalue weighted by Gasteiger charge is -2.26. The van der Waals surface area contributed by atoms with E-state index in [0.717, 1.165) is 37.5 Å². The Morgan fingerprint density at radius 2 is 1.72 bits per heavy atom. The van der Waals surface area contributed by atoms with Gasteiger partial charge in [-0.15, -0.1) is 0 Å². The summed E-state index contributed by atoms with van der Waals surface area (Å²) in [6.07, 6.45) is 2.50. The fourth-order valence-corrected chi connectivity index (χ4v) is 4.72. The van der Waals surface area contributed by atoms with Gasteiger partial charge in [0.25, 0.3) is 5.91 Å². The Morgan fingerprint density at radius 1 is 1.07 bits per heavy atom. The molecule has 1 aliphatic heterocycles. The topological polar surface area (TPSA) is 75.7 Å². The Morgan fingerprint density at radius 3 is 2.34 bits per heavy atom. The molecular weight excluding hydrogens is 402 g/mol. The number of alkyl halides is 2. The molecule has 1 N–H and O–H groups in total. The molecule has 3 rings (SSSR count). The van der Waals surface area contributed by atoms with Crippen LogP contribution in [-0.2, 0) is 20.7 Å². The molecule has 1 saturated heterocycles. The summed E-state index contributed by atoms with van der Waals surface area (Å²) in [7, 11) is -2.49. The number of methoxy groups -OCH3 is 1. The second kappa shape index (κ2) is 8.46. The highest BCUT2D eigenvalue weighted by Crippen LogP contribution is 2.34. The van der Waals surface area contributed by atoms with E-state index in [1.165, 1.54) is 35.7 Å². The highest BCUT2D eigenvalue weighted by Gasteiger charge is 2.41. The Labute approximate surface area is 168 Å². The summed E-state index contributed by atoms with van der Waals surface area (Å²) >= 11 is 0. The Bertz CT molecular complexity index is 975. The zero-order chi connectivity index (χ0) is 21.1. The maximum atomic E-state index is 14.5. The number of hydrogen-bond acceptors (Lipinski definition) is 4. The fraction of sp³-hybridized carbons (Fsp3) is 0.350. The first-order valence-electron chi connectivity index (χ1n) is 9.20. The number of nitrogens with one attached hydrogen (secondary N) is 1. The van der Waals surface area contributed by atoms with Crippen LogP contribution in [0.5, 0.6) is 5.75 Å². The molecule has 2 aromatic carbocycles. The average molecular weight is 424 g/mol. The van der Waals surface area contributed by atoms with Gasteiger partial charge in [-0.25, -0.2) is 8.42 Å². The van der Waals surface area contributed by atoms with Crippen LogP contribution in [0.15, 0.2) is 53.4 Å². The minimum Gasteiger partial charge on any atom is -0.495 e. The third kappa shape index (κ3) is 4.40. The molecule has 0 aliphatic carbocycles. The van der Waals surface area contributed by atoms with Crippen LogP contribution in [0.25, 0.3) is 0 Å². The lowest BCUT2D eigenvalue weighted by atomic mass is 10.1. The number of sulfonamides is 1. The quantitative estimate of drug-likeness (QED) is 0.769. The van der Waals surface area contributed by atoms with E-state index in [9.17, 15) is 22.0 Å². The largest absolute Gasteiger partial charge is 0.495 e. The van der Waals surface area contributed by atoms with Crippen molar-refractivity contribution in [1.29, 1.82) is 0 Å². The maximum Gasteiger partial charge on any atom is 0.350 e. The monoisotopic (exact) mass is 424 g/mol. The molecule has 9 heteroatoms. The van der Waals surface area contributed by atoms with Crippen LogP contribution in [0, 0.1) is 0 Å². The molecule has 1 heterocycles. The van der Waals surface area contributed by atoms with Crippen molar-refractivity contribution in [3.8, 4) is 5.75 Å². The van der Waals surface area contributed by atoms with Gasteiger partial charge in [0.05, 0.1) is 17.7 Å². The van der Waals surface area contributed by atoms with Crippen molar-refractivity contribution in [3.63, 3.8) is 0 Å². The number of ether oxygens (including phenoxy) is 1. The summed E-state index contributed by atoms with van der Waals surface area (Å²) in [6, 6.07) is 10.5. The van der Waals surface area contributed by atoms with Crippen molar-refractivity contribution in [3.05, 3.63) is 54.1 Å². The molecule has 0 spiro atoms. The van der Waals surface area contributed by atoms with Gasteiger partial charge in [0, 0.05) is 18.7 Å². The minimum absolute atomic E-state index is 0.0832. The van der Waals surface area contributed by atoms with Crippen LogP contribution in [0.3, 0.4) is 0 Å². The van der Waals surface area contributed by atoms with Gasteiger partial charge < -0.3 is 10.1 Å². The van der Waals surface area contributed by atoms with E-state index in [0.29, 0.717) is 13.1 Å². The number of rotatable bonds is 6. The van der Waals surface area contributed by atoms with Crippen LogP contribution >= 0.6 is 0 Å². The molecule has 1 fully saturated rings. The fourth-order valence-electron chi connectivity index (χ4n) is 3.18. The van der Waals surface area contributed by atoms with Gasteiger partial charge in [-0.2, -0.15) is 13.1 Å². The van der Waals surface area contributed by atoms with Crippen LogP contribution in [0.2, 0.25) is 0 Å². The van der Waals surface area contributed by atoms with E-state index in [1.807, 2.05) is 0 Å². The van der Waals surface area contributed by atoms with Gasteiger partial charge in [-0.3, -0.25) is 4.79 Å². The van der Waals surface area contributed by atoms with Crippen LogP contribution in [0.1, 0.15) is 24.8 Å². The van der Waals surface area contributed by atoms with Gasteiger partial charge in [0.15, 0.2) is 0 Å². The van der Waals surface area contributed by atoms with E-state index in [2.05, 4.69) is 5.32 Å². The van der Waals surface area contributed by atoms with Gasteiger partial charge in [-0.05, 0) is 31.0 Å². The summed E-state index contributed by atoms with van der Waals surface area (Å²) < 4.78 is 61.2. The first-order valence-corrected chi connectivity index (χ1v) is 10.6. The van der Waals surface area contributed by atoms with E-state index in [1.54, 1.807) is 6.07 Å². The average Bonchev–Trinajstić information content (AvgIpc) is 2.74. The van der Waals surface area contributed by atoms with E-state index >= 15 is 0 Å². The molecule has 0 bridgehead atoms. The summed E-state index contributed by atoms with van der Waals surface area (Å²) in [5.41, 5.74) is -0.597. The summed E-state index contributed by atoms with van der Waals surface area (Å²) in [5.74, 6) is -5.29. The normalized spacial score (nSPS) is 15.7. The lowest BCUT2D eigenvalue weighted by molar-refractivity contribution is -0.140. The second-order valence-corrected chi connectivity index (χ2v) is 8.66. The van der Waals surface area contributed by atoms with Gasteiger partial charge in [0.1, 0.15) is 5.75 Å². The molecule has 29 heavy (non-hydrogen) atoms. The molecule has 0 unspecified atom stereocenters. The van der Waals surface area contributed by atoms with Crippen LogP contribution < -0.4 is 10.1 Å². The van der Waals surface area contributed by atoms with Crippen molar-refractivity contribution >= 4 is 21.6 Å². The molecule has 2 aromatic rings. The highest BCUT2D eigenvalue weighted by atomic mass is 32.2. The first-order chi connectivity index (χ1) is 13.8. The third-order valence-corrected chi connectivity index (χ3v) is 6.69. The van der Waals surface area contributed by atoms with E-state index in [-0.39, 0.29) is 16.3 Å². The van der Waals surface area contributed by atoms with Gasteiger partial charge in [-0.1, -0.05) is 36.8 Å². The Kier molecular flexibility index (Phi) is 6.18. The summed E-state index contributed by atoms with van der Waals surface area (Å²) in [5, 5.41) is 2.12. The summed E-state index contributed by atoms with van der Waals surface area (Å²) in [6.45, 7) is 0.810. The third-order valence-electron chi connectivity index (χ3n) is 4.79. The lowest BCUT2D eigenvalue weighted by Crippen LogP contribution is -2.35. The molecule has 0 aromatic heterocycles. The number of benzene rings is 2. The van der Waals surface area contributed by atoms with Crippen LogP contribution in [-0.4, -0.2) is 38.8 Å². The number of halogens is 2. The zero-order valence-corrected chi connectivity index (χ0v) is 16.7. The number of carbonyl (C=O) groups is 1. The zero-order valence-electron chi connectivity index (χ0n) is 15.9.